The van der Waals surface area contributed by atoms with Crippen molar-refractivity contribution in [3.63, 3.8) is 0 Å². The fourth-order valence-electron chi connectivity index (χ4n) is 1.36. The Hall–Kier alpha value is -0.380. The van der Waals surface area contributed by atoms with Crippen molar-refractivity contribution < 1.29 is 23.9 Å². The molecule has 84 valence electrons. The Morgan fingerprint density at radius 2 is 1.79 bits per heavy atom. The average Bonchev–Trinajstić information content (AvgIpc) is 2.11. The molecule has 0 fully saturated rings. The normalized spacial score (nSPS) is 12.6. The first kappa shape index (κ1) is 13.6. The zero-order chi connectivity index (χ0) is 11.4. The molecular formula is C8H17O5P. The van der Waals surface area contributed by atoms with Gasteiger partial charge in [-0.2, -0.15) is 0 Å². The van der Waals surface area contributed by atoms with Gasteiger partial charge < -0.3 is 14.5 Å². The summed E-state index contributed by atoms with van der Waals surface area (Å²) >= 11 is 0. The highest BCUT2D eigenvalue weighted by Crippen LogP contribution is 2.56. The molecule has 0 heterocycles. The monoisotopic (exact) mass is 224 g/mol. The maximum Gasteiger partial charge on any atom is 0.332 e. The van der Waals surface area contributed by atoms with Crippen LogP contribution in [0.25, 0.3) is 0 Å². The lowest BCUT2D eigenvalue weighted by Crippen LogP contribution is -2.31. The Balaban J connectivity index is 4.90. The van der Waals surface area contributed by atoms with Crippen LogP contribution in [-0.4, -0.2) is 28.0 Å². The highest BCUT2D eigenvalue weighted by atomic mass is 31.2. The van der Waals surface area contributed by atoms with E-state index in [1.54, 1.807) is 13.8 Å². The van der Waals surface area contributed by atoms with Gasteiger partial charge in [-0.15, -0.1) is 0 Å². The van der Waals surface area contributed by atoms with E-state index >= 15 is 0 Å². The molecule has 0 aliphatic rings. The minimum atomic E-state index is -4.27. The number of ether oxygens (including phenoxy) is 1. The van der Waals surface area contributed by atoms with E-state index in [1.165, 1.54) is 7.11 Å². The molecule has 0 spiro atoms. The Labute approximate surface area is 83.6 Å². The number of hydrogen-bond acceptors (Lipinski definition) is 3. The van der Waals surface area contributed by atoms with Gasteiger partial charge in [-0.05, 0) is 12.8 Å². The van der Waals surface area contributed by atoms with Crippen LogP contribution in [0.3, 0.4) is 0 Å². The fourth-order valence-corrected chi connectivity index (χ4v) is 2.51. The zero-order valence-electron chi connectivity index (χ0n) is 8.69. The van der Waals surface area contributed by atoms with Gasteiger partial charge in [0.2, 0.25) is 0 Å². The van der Waals surface area contributed by atoms with Crippen molar-refractivity contribution in [3.8, 4) is 0 Å². The third kappa shape index (κ3) is 2.80. The van der Waals surface area contributed by atoms with Crippen molar-refractivity contribution >= 4 is 13.6 Å². The summed E-state index contributed by atoms with van der Waals surface area (Å²) in [6, 6.07) is 0. The van der Waals surface area contributed by atoms with Gasteiger partial charge in [-0.3, -0.25) is 9.36 Å². The van der Waals surface area contributed by atoms with Gasteiger partial charge in [-0.25, -0.2) is 0 Å². The van der Waals surface area contributed by atoms with Gasteiger partial charge in [0, 0.05) is 0 Å². The van der Waals surface area contributed by atoms with Gasteiger partial charge >= 0.3 is 13.6 Å². The van der Waals surface area contributed by atoms with Crippen molar-refractivity contribution in [2.45, 2.75) is 38.3 Å². The summed E-state index contributed by atoms with van der Waals surface area (Å²) in [7, 11) is -3.07. The lowest BCUT2D eigenvalue weighted by Gasteiger charge is -2.30. The summed E-state index contributed by atoms with van der Waals surface area (Å²) in [4.78, 5) is 29.4. The molecule has 0 radical (unpaired) electrons. The Morgan fingerprint density at radius 1 is 1.36 bits per heavy atom. The molecule has 0 atom stereocenters. The molecule has 0 amide bonds. The van der Waals surface area contributed by atoms with Crippen LogP contribution in [0.2, 0.25) is 0 Å². The molecule has 0 aromatic heterocycles. The number of carbonyl (C=O) groups excluding carboxylic acids is 1. The van der Waals surface area contributed by atoms with Crippen molar-refractivity contribution in [2.24, 2.45) is 0 Å². The van der Waals surface area contributed by atoms with Crippen LogP contribution in [0.4, 0.5) is 0 Å². The van der Waals surface area contributed by atoms with Crippen molar-refractivity contribution in [2.75, 3.05) is 7.11 Å². The molecule has 6 heteroatoms. The summed E-state index contributed by atoms with van der Waals surface area (Å²) < 4.78 is 15.7. The molecule has 0 bridgehead atoms. The summed E-state index contributed by atoms with van der Waals surface area (Å²) in [5, 5.41) is -1.26. The second-order valence-electron chi connectivity index (χ2n) is 3.23. The molecule has 14 heavy (non-hydrogen) atoms. The molecule has 0 aromatic rings. The standard InChI is InChI=1S/C8H17O5P/c1-4-8(5-2,14(10,11)12)6-7(9)13-3/h4-6H2,1-3H3,(H2,10,11,12). The van der Waals surface area contributed by atoms with Crippen LogP contribution in [0.15, 0.2) is 0 Å². The molecule has 5 nitrogen and oxygen atoms in total. The van der Waals surface area contributed by atoms with Crippen molar-refractivity contribution in [1.29, 1.82) is 0 Å². The molecule has 0 aliphatic heterocycles. The van der Waals surface area contributed by atoms with Crippen LogP contribution in [0, 0.1) is 0 Å². The van der Waals surface area contributed by atoms with E-state index in [0.717, 1.165) is 0 Å². The predicted molar refractivity (Wildman–Crippen MR) is 52.0 cm³/mol. The molecule has 2 N–H and O–H groups in total. The van der Waals surface area contributed by atoms with Crippen LogP contribution in [0.1, 0.15) is 33.1 Å². The maximum absolute atomic E-state index is 11.3. The topological polar surface area (TPSA) is 83.8 Å². The van der Waals surface area contributed by atoms with Gasteiger partial charge in [-0.1, -0.05) is 13.8 Å². The Kier molecular flexibility index (Phi) is 4.78. The second kappa shape index (κ2) is 4.91. The third-order valence-electron chi connectivity index (χ3n) is 2.64. The summed E-state index contributed by atoms with van der Waals surface area (Å²) in [6.07, 6.45) is 0.270. The lowest BCUT2D eigenvalue weighted by molar-refractivity contribution is -0.141. The molecule has 0 unspecified atom stereocenters. The first-order valence-electron chi connectivity index (χ1n) is 4.45. The number of carbonyl (C=O) groups is 1. The first-order chi connectivity index (χ1) is 6.33. The fraction of sp³-hybridized carbons (Fsp3) is 0.875. The smallest absolute Gasteiger partial charge is 0.332 e. The highest BCUT2D eigenvalue weighted by molar-refractivity contribution is 7.53. The molecule has 0 aromatic carbocycles. The average molecular weight is 224 g/mol. The Bertz CT molecular complexity index is 240. The lowest BCUT2D eigenvalue weighted by atomic mass is 9.98. The van der Waals surface area contributed by atoms with Crippen LogP contribution >= 0.6 is 7.60 Å². The minimum Gasteiger partial charge on any atom is -0.469 e. The molecule has 0 aliphatic carbocycles. The highest BCUT2D eigenvalue weighted by Gasteiger charge is 2.45. The third-order valence-corrected chi connectivity index (χ3v) is 4.66. The van der Waals surface area contributed by atoms with Gasteiger partial charge in [0.15, 0.2) is 0 Å². The van der Waals surface area contributed by atoms with Gasteiger partial charge in [0.05, 0.1) is 18.7 Å². The summed E-state index contributed by atoms with van der Waals surface area (Å²) in [5.74, 6) is -0.586. The molecule has 0 saturated carbocycles. The van der Waals surface area contributed by atoms with E-state index in [4.69, 9.17) is 0 Å². The van der Waals surface area contributed by atoms with E-state index in [1.807, 2.05) is 0 Å². The second-order valence-corrected chi connectivity index (χ2v) is 5.27. The van der Waals surface area contributed by atoms with Gasteiger partial charge in [0.25, 0.3) is 0 Å². The zero-order valence-corrected chi connectivity index (χ0v) is 9.58. The summed E-state index contributed by atoms with van der Waals surface area (Å²) in [6.45, 7) is 3.32. The molecular weight excluding hydrogens is 207 g/mol. The predicted octanol–water partition coefficient (Wildman–Crippen LogP) is 1.29. The largest absolute Gasteiger partial charge is 0.469 e. The number of methoxy groups -OCH3 is 1. The van der Waals surface area contributed by atoms with E-state index in [-0.39, 0.29) is 19.3 Å². The quantitative estimate of drug-likeness (QED) is 0.543. The van der Waals surface area contributed by atoms with E-state index < -0.39 is 18.7 Å². The van der Waals surface area contributed by atoms with Crippen LogP contribution in [0.5, 0.6) is 0 Å². The maximum atomic E-state index is 11.3. The van der Waals surface area contributed by atoms with E-state index in [2.05, 4.69) is 4.74 Å². The Morgan fingerprint density at radius 3 is 2.00 bits per heavy atom. The number of rotatable bonds is 5. The SMILES string of the molecule is CCC(CC)(CC(=O)OC)P(=O)(O)O. The van der Waals surface area contributed by atoms with Gasteiger partial charge in [0.1, 0.15) is 0 Å². The van der Waals surface area contributed by atoms with E-state index in [0.29, 0.717) is 0 Å². The van der Waals surface area contributed by atoms with Crippen molar-refractivity contribution in [1.82, 2.24) is 0 Å². The molecule has 0 rings (SSSR count). The van der Waals surface area contributed by atoms with E-state index in [9.17, 15) is 19.1 Å². The van der Waals surface area contributed by atoms with Crippen LogP contribution in [-0.2, 0) is 14.1 Å². The van der Waals surface area contributed by atoms with Crippen molar-refractivity contribution in [3.05, 3.63) is 0 Å². The minimum absolute atomic E-state index is 0.235. The van der Waals surface area contributed by atoms with Crippen LogP contribution < -0.4 is 0 Å². The summed E-state index contributed by atoms with van der Waals surface area (Å²) in [5.41, 5.74) is 0. The number of hydrogen-bond donors (Lipinski definition) is 2. The first-order valence-corrected chi connectivity index (χ1v) is 6.06. The molecule has 0 saturated heterocycles. The number of esters is 1.